The topological polar surface area (TPSA) is 103 Å². The molecule has 2 aliphatic rings. The Morgan fingerprint density at radius 3 is 2.23 bits per heavy atom. The third kappa shape index (κ3) is 4.85. The molecule has 2 aromatic carbocycles. The first-order valence-corrected chi connectivity index (χ1v) is 14.5. The SMILES string of the molecule is CC(c1c(F)ccc(F)c1CNc1cc(F)c(S(=O)(=O)N(C(=O)O)c2cscn2)c(F)c1)N1C2CCC1CC2. The molecule has 1 aromatic heterocycles. The second kappa shape index (κ2) is 10.4. The lowest BCUT2D eigenvalue weighted by Gasteiger charge is -2.31. The maximum Gasteiger partial charge on any atom is 0.427 e. The summed E-state index contributed by atoms with van der Waals surface area (Å²) >= 11 is 0.890. The molecule has 1 amide bonds. The van der Waals surface area contributed by atoms with E-state index in [-0.39, 0.29) is 27.7 Å². The van der Waals surface area contributed by atoms with E-state index in [9.17, 15) is 22.7 Å². The summed E-state index contributed by atoms with van der Waals surface area (Å²) in [6.45, 7) is 1.48. The maximum absolute atomic E-state index is 15.0. The summed E-state index contributed by atoms with van der Waals surface area (Å²) in [6, 6.07) is 3.50. The number of nitrogens with one attached hydrogen (secondary N) is 1. The molecule has 0 radical (unpaired) electrons. The van der Waals surface area contributed by atoms with Crippen LogP contribution in [0.25, 0.3) is 0 Å². The van der Waals surface area contributed by atoms with Crippen LogP contribution in [-0.2, 0) is 16.6 Å². The fraction of sp³-hybridized carbons (Fsp3) is 0.360. The van der Waals surface area contributed by atoms with Gasteiger partial charge in [0.1, 0.15) is 23.3 Å². The Hall–Kier alpha value is -3.23. The highest BCUT2D eigenvalue weighted by atomic mass is 32.2. The normalized spacial score (nSPS) is 19.8. The monoisotopic (exact) mass is 584 g/mol. The number of anilines is 2. The van der Waals surface area contributed by atoms with Gasteiger partial charge >= 0.3 is 6.09 Å². The molecule has 3 heterocycles. The molecule has 0 saturated carbocycles. The van der Waals surface area contributed by atoms with Gasteiger partial charge < -0.3 is 10.4 Å². The second-order valence-corrected chi connectivity index (χ2v) is 12.0. The molecule has 2 aliphatic heterocycles. The molecule has 8 nitrogen and oxygen atoms in total. The van der Waals surface area contributed by atoms with Crippen molar-refractivity contribution in [1.82, 2.24) is 9.88 Å². The number of rotatable bonds is 8. The summed E-state index contributed by atoms with van der Waals surface area (Å²) in [6.07, 6.45) is 1.98. The molecule has 14 heteroatoms. The van der Waals surface area contributed by atoms with Gasteiger partial charge in [0.15, 0.2) is 10.7 Å². The first-order chi connectivity index (χ1) is 18.5. The van der Waals surface area contributed by atoms with E-state index in [0.29, 0.717) is 24.2 Å². The van der Waals surface area contributed by atoms with Crippen LogP contribution in [0, 0.1) is 23.3 Å². The molecular formula is C25H24F4N4O4S2. The van der Waals surface area contributed by atoms with Gasteiger partial charge in [-0.15, -0.1) is 15.6 Å². The van der Waals surface area contributed by atoms with Gasteiger partial charge in [-0.1, -0.05) is 0 Å². The van der Waals surface area contributed by atoms with Crippen LogP contribution < -0.4 is 9.62 Å². The standard InChI is InChI=1S/C25H24F4N4O4S2/c1-13(32-15-2-3-16(32)5-4-15)23-17(18(26)6-7-19(23)27)10-30-14-8-20(28)24(21(29)9-14)39(36,37)33(25(34)35)22-11-38-12-31-22/h6-9,11-13,15-16,30H,2-5,10H2,1H3,(H,34,35). The van der Waals surface area contributed by atoms with Gasteiger partial charge in [-0.3, -0.25) is 4.90 Å². The van der Waals surface area contributed by atoms with Crippen LogP contribution in [0.15, 0.2) is 40.1 Å². The van der Waals surface area contributed by atoms with E-state index in [1.54, 1.807) is 0 Å². The van der Waals surface area contributed by atoms with Gasteiger partial charge in [0.05, 0.1) is 5.51 Å². The Morgan fingerprint density at radius 1 is 1.10 bits per heavy atom. The Morgan fingerprint density at radius 2 is 1.69 bits per heavy atom. The van der Waals surface area contributed by atoms with E-state index >= 15 is 13.2 Å². The van der Waals surface area contributed by atoms with Gasteiger partial charge in [0.2, 0.25) is 0 Å². The number of benzene rings is 2. The van der Waals surface area contributed by atoms with Crippen molar-refractivity contribution < 1.29 is 35.9 Å². The lowest BCUT2D eigenvalue weighted by Crippen LogP contribution is -2.37. The van der Waals surface area contributed by atoms with Crippen LogP contribution in [0.5, 0.6) is 0 Å². The van der Waals surface area contributed by atoms with E-state index in [2.05, 4.69) is 15.2 Å². The van der Waals surface area contributed by atoms with Crippen LogP contribution in [0.4, 0.5) is 33.9 Å². The van der Waals surface area contributed by atoms with Crippen LogP contribution in [0.1, 0.15) is 49.8 Å². The minimum Gasteiger partial charge on any atom is -0.464 e. The zero-order chi connectivity index (χ0) is 28.1. The number of carbonyl (C=O) groups is 1. The molecule has 5 rings (SSSR count). The number of sulfonamides is 1. The molecule has 1 unspecified atom stereocenters. The van der Waals surface area contributed by atoms with E-state index in [1.165, 1.54) is 0 Å². The average molecular weight is 585 g/mol. The number of nitrogens with zero attached hydrogens (tertiary/aromatic N) is 3. The van der Waals surface area contributed by atoms with Crippen molar-refractivity contribution in [3.8, 4) is 0 Å². The predicted octanol–water partition coefficient (Wildman–Crippen LogP) is 5.87. The summed E-state index contributed by atoms with van der Waals surface area (Å²) in [4.78, 5) is 16.0. The molecule has 2 bridgehead atoms. The van der Waals surface area contributed by atoms with Crippen LogP contribution in [-0.4, -0.2) is 41.6 Å². The van der Waals surface area contributed by atoms with E-state index < -0.39 is 56.1 Å². The molecule has 208 valence electrons. The number of hydrogen-bond donors (Lipinski definition) is 2. The van der Waals surface area contributed by atoms with Crippen LogP contribution in [0.3, 0.4) is 0 Å². The van der Waals surface area contributed by atoms with Crippen molar-refractivity contribution >= 4 is 39.0 Å². The second-order valence-electron chi connectivity index (χ2n) is 9.53. The van der Waals surface area contributed by atoms with Gasteiger partial charge in [-0.2, -0.15) is 0 Å². The molecule has 2 fully saturated rings. The fourth-order valence-corrected chi connectivity index (χ4v) is 7.72. The van der Waals surface area contributed by atoms with E-state index in [0.717, 1.165) is 60.0 Å². The number of thiazole rings is 1. The smallest absolute Gasteiger partial charge is 0.427 e. The number of fused-ring (bicyclic) bond motifs is 2. The summed E-state index contributed by atoms with van der Waals surface area (Å²) < 4.78 is 85.6. The molecule has 2 saturated heterocycles. The summed E-state index contributed by atoms with van der Waals surface area (Å²) in [5.74, 6) is -4.97. The highest BCUT2D eigenvalue weighted by Crippen LogP contribution is 2.44. The third-order valence-electron chi connectivity index (χ3n) is 7.39. The zero-order valence-corrected chi connectivity index (χ0v) is 22.2. The Bertz CT molecular complexity index is 1480. The average Bonchev–Trinajstić information content (AvgIpc) is 3.61. The molecule has 0 aliphatic carbocycles. The van der Waals surface area contributed by atoms with Crippen molar-refractivity contribution in [2.45, 2.75) is 62.2 Å². The molecule has 39 heavy (non-hydrogen) atoms. The van der Waals surface area contributed by atoms with Gasteiger partial charge in [0, 0.05) is 46.9 Å². The molecule has 2 N–H and O–H groups in total. The van der Waals surface area contributed by atoms with Gasteiger partial charge in [-0.25, -0.2) is 35.8 Å². The first-order valence-electron chi connectivity index (χ1n) is 12.1. The van der Waals surface area contributed by atoms with E-state index in [4.69, 9.17) is 0 Å². The van der Waals surface area contributed by atoms with Crippen LogP contribution in [0.2, 0.25) is 0 Å². The van der Waals surface area contributed by atoms with Crippen LogP contribution >= 0.6 is 11.3 Å². The van der Waals surface area contributed by atoms with Crippen molar-refractivity contribution in [1.29, 1.82) is 0 Å². The summed E-state index contributed by atoms with van der Waals surface area (Å²) in [5.41, 5.74) is 1.06. The number of hydrogen-bond acceptors (Lipinski definition) is 7. The lowest BCUT2D eigenvalue weighted by atomic mass is 9.98. The third-order valence-corrected chi connectivity index (χ3v) is 9.69. The summed E-state index contributed by atoms with van der Waals surface area (Å²) in [7, 11) is -5.23. The zero-order valence-electron chi connectivity index (χ0n) is 20.6. The lowest BCUT2D eigenvalue weighted by molar-refractivity contribution is 0.184. The Kier molecular flexibility index (Phi) is 7.29. The minimum atomic E-state index is -5.23. The Labute approximate surface area is 225 Å². The molecule has 0 spiro atoms. The van der Waals surface area contributed by atoms with Gasteiger partial charge in [-0.05, 0) is 56.9 Å². The molecule has 3 aromatic rings. The number of halogens is 4. The number of amides is 1. The molecular weight excluding hydrogens is 560 g/mol. The molecule has 1 atom stereocenters. The fourth-order valence-electron chi connectivity index (χ4n) is 5.80. The van der Waals surface area contributed by atoms with Crippen molar-refractivity contribution in [2.75, 3.05) is 9.62 Å². The Balaban J connectivity index is 1.43. The van der Waals surface area contributed by atoms with Crippen molar-refractivity contribution in [3.63, 3.8) is 0 Å². The highest BCUT2D eigenvalue weighted by Gasteiger charge is 2.43. The number of aromatic nitrogens is 1. The highest BCUT2D eigenvalue weighted by molar-refractivity contribution is 7.93. The number of carboxylic acid groups (broad SMARTS) is 1. The largest absolute Gasteiger partial charge is 0.464 e. The quantitative estimate of drug-likeness (QED) is 0.319. The van der Waals surface area contributed by atoms with Crippen molar-refractivity contribution in [2.24, 2.45) is 0 Å². The minimum absolute atomic E-state index is 0.00750. The van der Waals surface area contributed by atoms with E-state index in [1.807, 2.05) is 6.92 Å². The maximum atomic E-state index is 15.0. The van der Waals surface area contributed by atoms with Gasteiger partial charge in [0.25, 0.3) is 10.0 Å². The predicted molar refractivity (Wildman–Crippen MR) is 136 cm³/mol. The first kappa shape index (κ1) is 27.3. The van der Waals surface area contributed by atoms with Crippen molar-refractivity contribution in [3.05, 3.63) is 69.6 Å². The summed E-state index contributed by atoms with van der Waals surface area (Å²) in [5, 5.41) is 13.2.